The number of furan rings is 1. The molecule has 2 N–H and O–H groups in total. The number of nitrogens with zero attached hydrogens (tertiary/aromatic N) is 1. The molecular weight excluding hydrogens is 442 g/mol. The molecule has 0 radical (unpaired) electrons. The summed E-state index contributed by atoms with van der Waals surface area (Å²) in [5.74, 6) is -0.949. The summed E-state index contributed by atoms with van der Waals surface area (Å²) in [6.07, 6.45) is 2.93. The molecule has 2 aliphatic heterocycles. The monoisotopic (exact) mass is 470 g/mol. The van der Waals surface area contributed by atoms with E-state index in [9.17, 15) is 18.7 Å². The molecule has 0 saturated carbocycles. The van der Waals surface area contributed by atoms with Crippen LogP contribution in [0.5, 0.6) is 0 Å². The number of carbonyl (C=O) groups is 1. The first-order valence-corrected chi connectivity index (χ1v) is 11.7. The van der Waals surface area contributed by atoms with E-state index < -0.39 is 17.2 Å². The minimum absolute atomic E-state index is 0.0532. The number of fused-ring (bicyclic) bond motifs is 1. The summed E-state index contributed by atoms with van der Waals surface area (Å²) in [4.78, 5) is 14.5. The van der Waals surface area contributed by atoms with Crippen molar-refractivity contribution in [3.63, 3.8) is 0 Å². The van der Waals surface area contributed by atoms with Gasteiger partial charge in [-0.3, -0.25) is 9.69 Å². The second-order valence-corrected chi connectivity index (χ2v) is 9.25. The minimum Gasteiger partial charge on any atom is -0.451 e. The molecule has 1 atom stereocenters. The molecule has 0 aliphatic carbocycles. The summed E-state index contributed by atoms with van der Waals surface area (Å²) >= 11 is 0. The highest BCUT2D eigenvalue weighted by Gasteiger charge is 2.34. The number of likely N-dealkylation sites (tertiary alicyclic amines) is 1. The second kappa shape index (κ2) is 9.44. The van der Waals surface area contributed by atoms with Crippen LogP contribution in [0.15, 0.2) is 46.9 Å². The van der Waals surface area contributed by atoms with Crippen molar-refractivity contribution in [1.29, 1.82) is 0 Å². The van der Waals surface area contributed by atoms with Crippen LogP contribution in [-0.4, -0.2) is 48.3 Å². The van der Waals surface area contributed by atoms with Crippen molar-refractivity contribution < 1.29 is 27.8 Å². The topological polar surface area (TPSA) is 74.9 Å². The minimum atomic E-state index is -1.04. The van der Waals surface area contributed by atoms with E-state index >= 15 is 0 Å². The molecule has 180 valence electrons. The Morgan fingerprint density at radius 2 is 1.97 bits per heavy atom. The number of piperidine rings is 1. The zero-order chi connectivity index (χ0) is 23.7. The highest BCUT2D eigenvalue weighted by atomic mass is 19.1. The highest BCUT2D eigenvalue weighted by molar-refractivity contribution is 5.96. The van der Waals surface area contributed by atoms with Gasteiger partial charge in [-0.05, 0) is 67.6 Å². The van der Waals surface area contributed by atoms with Crippen LogP contribution in [0.3, 0.4) is 0 Å². The van der Waals surface area contributed by atoms with Gasteiger partial charge >= 0.3 is 0 Å². The summed E-state index contributed by atoms with van der Waals surface area (Å²) in [6, 6.07) is 10.6. The summed E-state index contributed by atoms with van der Waals surface area (Å²) in [7, 11) is 0. The number of hydrogen-bond donors (Lipinski definition) is 2. The van der Waals surface area contributed by atoms with Crippen molar-refractivity contribution in [2.75, 3.05) is 26.2 Å². The standard InChI is InChI=1S/C26H28F2N2O4/c27-20-4-5-22(28)18(13-20)16-30-9-7-26(32,8-10-30)19-3-6-23-17(12-19)14-24(34-23)25(31)29-15-21-2-1-11-33-21/h3-6,12-14,21,32H,1-2,7-11,15-16H2,(H,29,31)/t21-/m1/s1. The van der Waals surface area contributed by atoms with Crippen molar-refractivity contribution in [3.8, 4) is 0 Å². The molecule has 2 aliphatic rings. The Bertz CT molecular complexity index is 1180. The van der Waals surface area contributed by atoms with Crippen LogP contribution in [0, 0.1) is 11.6 Å². The number of nitrogens with one attached hydrogen (secondary N) is 1. The third kappa shape index (κ3) is 4.85. The third-order valence-corrected chi connectivity index (χ3v) is 6.88. The maximum Gasteiger partial charge on any atom is 0.287 e. The fourth-order valence-corrected chi connectivity index (χ4v) is 4.82. The molecule has 8 heteroatoms. The molecule has 3 heterocycles. The number of aliphatic hydroxyl groups is 1. The first-order valence-electron chi connectivity index (χ1n) is 11.7. The van der Waals surface area contributed by atoms with Gasteiger partial charge in [0.2, 0.25) is 0 Å². The Kier molecular flexibility index (Phi) is 6.38. The van der Waals surface area contributed by atoms with Crippen LogP contribution in [0.1, 0.15) is 47.4 Å². The molecule has 3 aromatic rings. The number of halogens is 2. The quantitative estimate of drug-likeness (QED) is 0.567. The van der Waals surface area contributed by atoms with Gasteiger partial charge in [-0.1, -0.05) is 6.07 Å². The van der Waals surface area contributed by atoms with Crippen molar-refractivity contribution in [2.24, 2.45) is 0 Å². The highest BCUT2D eigenvalue weighted by Crippen LogP contribution is 2.35. The molecule has 0 bridgehead atoms. The molecule has 0 unspecified atom stereocenters. The van der Waals surface area contributed by atoms with Gasteiger partial charge in [0.25, 0.3) is 5.91 Å². The van der Waals surface area contributed by atoms with Crippen LogP contribution in [-0.2, 0) is 16.9 Å². The van der Waals surface area contributed by atoms with Crippen LogP contribution in [0.2, 0.25) is 0 Å². The maximum atomic E-state index is 14.0. The van der Waals surface area contributed by atoms with E-state index in [0.29, 0.717) is 50.2 Å². The van der Waals surface area contributed by atoms with E-state index in [0.717, 1.165) is 42.5 Å². The zero-order valence-electron chi connectivity index (χ0n) is 18.9. The van der Waals surface area contributed by atoms with E-state index in [1.54, 1.807) is 12.1 Å². The molecule has 2 saturated heterocycles. The van der Waals surface area contributed by atoms with Crippen molar-refractivity contribution >= 4 is 16.9 Å². The summed E-state index contributed by atoms with van der Waals surface area (Å²) in [5.41, 5.74) is 0.609. The Hall–Kier alpha value is -2.81. The summed E-state index contributed by atoms with van der Waals surface area (Å²) < 4.78 is 38.7. The van der Waals surface area contributed by atoms with Crippen molar-refractivity contribution in [1.82, 2.24) is 10.2 Å². The third-order valence-electron chi connectivity index (χ3n) is 6.88. The molecule has 6 nitrogen and oxygen atoms in total. The van der Waals surface area contributed by atoms with E-state index in [-0.39, 0.29) is 17.8 Å². The van der Waals surface area contributed by atoms with E-state index in [4.69, 9.17) is 9.15 Å². The lowest BCUT2D eigenvalue weighted by Gasteiger charge is -2.38. The Labute approximate surface area is 196 Å². The van der Waals surface area contributed by atoms with Gasteiger partial charge in [-0.25, -0.2) is 8.78 Å². The number of rotatable bonds is 6. The van der Waals surface area contributed by atoms with Crippen LogP contribution < -0.4 is 5.32 Å². The largest absolute Gasteiger partial charge is 0.451 e. The maximum absolute atomic E-state index is 14.0. The molecule has 1 amide bonds. The first kappa shape index (κ1) is 23.0. The molecular formula is C26H28F2N2O4. The van der Waals surface area contributed by atoms with Gasteiger partial charge in [-0.15, -0.1) is 0 Å². The smallest absolute Gasteiger partial charge is 0.287 e. The molecule has 5 rings (SSSR count). The van der Waals surface area contributed by atoms with E-state index in [2.05, 4.69) is 5.32 Å². The number of amides is 1. The number of hydrogen-bond acceptors (Lipinski definition) is 5. The average Bonchev–Trinajstić information content (AvgIpc) is 3.51. The second-order valence-electron chi connectivity index (χ2n) is 9.25. The predicted molar refractivity (Wildman–Crippen MR) is 122 cm³/mol. The molecule has 1 aromatic heterocycles. The van der Waals surface area contributed by atoms with Gasteiger partial charge < -0.3 is 19.6 Å². The predicted octanol–water partition coefficient (Wildman–Crippen LogP) is 4.10. The van der Waals surface area contributed by atoms with Crippen LogP contribution in [0.4, 0.5) is 8.78 Å². The molecule has 2 aromatic carbocycles. The van der Waals surface area contributed by atoms with Gasteiger partial charge in [-0.2, -0.15) is 0 Å². The zero-order valence-corrected chi connectivity index (χ0v) is 18.9. The van der Waals surface area contributed by atoms with Gasteiger partial charge in [0.15, 0.2) is 5.76 Å². The molecule has 34 heavy (non-hydrogen) atoms. The number of benzene rings is 2. The Morgan fingerprint density at radius 3 is 2.74 bits per heavy atom. The lowest BCUT2D eigenvalue weighted by atomic mass is 9.84. The summed E-state index contributed by atoms with van der Waals surface area (Å²) in [6.45, 7) is 2.58. The first-order chi connectivity index (χ1) is 16.4. The Morgan fingerprint density at radius 1 is 1.15 bits per heavy atom. The lowest BCUT2D eigenvalue weighted by molar-refractivity contribution is -0.0278. The van der Waals surface area contributed by atoms with Gasteiger partial charge in [0.05, 0.1) is 11.7 Å². The van der Waals surface area contributed by atoms with Gasteiger partial charge in [0, 0.05) is 43.7 Å². The van der Waals surface area contributed by atoms with Gasteiger partial charge in [0.1, 0.15) is 17.2 Å². The number of carbonyl (C=O) groups excluding carboxylic acids is 1. The van der Waals surface area contributed by atoms with Crippen molar-refractivity contribution in [2.45, 2.75) is 43.9 Å². The fourth-order valence-electron chi connectivity index (χ4n) is 4.82. The van der Waals surface area contributed by atoms with Crippen LogP contribution in [0.25, 0.3) is 11.0 Å². The van der Waals surface area contributed by atoms with Crippen LogP contribution >= 0.6 is 0 Å². The molecule has 0 spiro atoms. The summed E-state index contributed by atoms with van der Waals surface area (Å²) in [5, 5.41) is 14.9. The lowest BCUT2D eigenvalue weighted by Crippen LogP contribution is -2.42. The van der Waals surface area contributed by atoms with Crippen molar-refractivity contribution in [3.05, 3.63) is 71.0 Å². The normalized spacial score (nSPS) is 20.6. The Balaban J connectivity index is 1.24. The average molecular weight is 471 g/mol. The van der Waals surface area contributed by atoms with E-state index in [1.807, 2.05) is 17.0 Å². The molecule has 2 fully saturated rings. The fraction of sp³-hybridized carbons (Fsp3) is 0.423. The van der Waals surface area contributed by atoms with E-state index in [1.165, 1.54) is 6.07 Å². The number of ether oxygens (including phenoxy) is 1. The SMILES string of the molecule is O=C(NC[C@H]1CCCO1)c1cc2cc(C3(O)CCN(Cc4cc(F)ccc4F)CC3)ccc2o1.